The van der Waals surface area contributed by atoms with Gasteiger partial charge in [-0.05, 0) is 61.0 Å². The van der Waals surface area contributed by atoms with E-state index in [0.717, 1.165) is 15.8 Å². The lowest BCUT2D eigenvalue weighted by Gasteiger charge is -2.13. The van der Waals surface area contributed by atoms with Gasteiger partial charge in [0.2, 0.25) is 5.13 Å². The van der Waals surface area contributed by atoms with Crippen molar-refractivity contribution in [1.82, 2.24) is 4.98 Å². The van der Waals surface area contributed by atoms with E-state index in [2.05, 4.69) is 10.1 Å². The van der Waals surface area contributed by atoms with Crippen molar-refractivity contribution in [1.29, 1.82) is 5.26 Å². The maximum atomic E-state index is 13.1. The van der Waals surface area contributed by atoms with E-state index in [1.54, 1.807) is 36.4 Å². The molecule has 28 heavy (non-hydrogen) atoms. The highest BCUT2D eigenvalue weighted by molar-refractivity contribution is 7.22. The number of nitrogens with zero attached hydrogens (tertiary/aromatic N) is 4. The number of hydrogen-bond donors (Lipinski definition) is 0. The molecular weight excluding hydrogens is 372 g/mol. The summed E-state index contributed by atoms with van der Waals surface area (Å²) in [6.07, 6.45) is 3.01. The number of hydrogen-bond acceptors (Lipinski definition) is 6. The first kappa shape index (κ1) is 17.6. The highest BCUT2D eigenvalue weighted by Crippen LogP contribution is 2.30. The summed E-state index contributed by atoms with van der Waals surface area (Å²) in [4.78, 5) is 17.7. The van der Waals surface area contributed by atoms with Crippen molar-refractivity contribution in [2.45, 2.75) is 6.92 Å². The molecule has 4 rings (SSSR count). The normalized spacial score (nSPS) is 11.0. The molecule has 0 spiro atoms. The maximum absolute atomic E-state index is 13.1. The zero-order chi connectivity index (χ0) is 19.5. The second-order valence-electron chi connectivity index (χ2n) is 6.03. The Morgan fingerprint density at radius 1 is 1.25 bits per heavy atom. The predicted molar refractivity (Wildman–Crippen MR) is 109 cm³/mol. The molecular formula is C21H14N4O2S. The molecule has 0 unspecified atom stereocenters. The molecule has 4 aromatic rings. The summed E-state index contributed by atoms with van der Waals surface area (Å²) in [5.74, 6) is 0.178. The first-order valence-corrected chi connectivity index (χ1v) is 9.25. The Bertz CT molecular complexity index is 1200. The van der Waals surface area contributed by atoms with Gasteiger partial charge in [0.05, 0.1) is 34.3 Å². The van der Waals surface area contributed by atoms with Crippen molar-refractivity contribution in [3.8, 4) is 6.07 Å². The number of fused-ring (bicyclic) bond motifs is 1. The number of carbonyl (C=O) groups excluding carboxylic acids is 1. The van der Waals surface area contributed by atoms with Crippen molar-refractivity contribution in [3.05, 3.63) is 83.3 Å². The fourth-order valence-electron chi connectivity index (χ4n) is 2.59. The van der Waals surface area contributed by atoms with Gasteiger partial charge in [-0.25, -0.2) is 4.98 Å². The monoisotopic (exact) mass is 386 g/mol. The Labute approximate surface area is 165 Å². The molecule has 2 aromatic carbocycles. The number of furan rings is 1. The summed E-state index contributed by atoms with van der Waals surface area (Å²) >= 11 is 1.38. The Morgan fingerprint density at radius 2 is 2.07 bits per heavy atom. The molecule has 0 N–H and O–H groups in total. The second kappa shape index (κ2) is 7.47. The van der Waals surface area contributed by atoms with Gasteiger partial charge in [0.1, 0.15) is 5.76 Å². The van der Waals surface area contributed by atoms with E-state index in [4.69, 9.17) is 9.68 Å². The van der Waals surface area contributed by atoms with Crippen molar-refractivity contribution in [2.24, 2.45) is 5.10 Å². The number of aromatic nitrogens is 1. The Hall–Kier alpha value is -3.76. The van der Waals surface area contributed by atoms with E-state index in [1.807, 2.05) is 31.2 Å². The number of hydrazone groups is 1. The first-order chi connectivity index (χ1) is 13.6. The van der Waals surface area contributed by atoms with Crippen LogP contribution in [-0.4, -0.2) is 17.1 Å². The molecule has 0 aliphatic carbocycles. The van der Waals surface area contributed by atoms with Crippen molar-refractivity contribution < 1.29 is 9.21 Å². The topological polar surface area (TPSA) is 82.5 Å². The van der Waals surface area contributed by atoms with Crippen LogP contribution >= 0.6 is 11.3 Å². The van der Waals surface area contributed by atoms with Crippen molar-refractivity contribution >= 4 is 38.8 Å². The zero-order valence-corrected chi connectivity index (χ0v) is 15.7. The van der Waals surface area contributed by atoms with Gasteiger partial charge < -0.3 is 4.42 Å². The van der Waals surface area contributed by atoms with Gasteiger partial charge >= 0.3 is 0 Å². The summed E-state index contributed by atoms with van der Waals surface area (Å²) in [6.45, 7) is 2.01. The molecule has 0 aliphatic rings. The van der Waals surface area contributed by atoms with Crippen LogP contribution in [0, 0.1) is 18.3 Å². The highest BCUT2D eigenvalue weighted by atomic mass is 32.1. The molecule has 0 saturated heterocycles. The van der Waals surface area contributed by atoms with Crippen LogP contribution in [-0.2, 0) is 0 Å². The third-order valence-corrected chi connectivity index (χ3v) is 5.00. The van der Waals surface area contributed by atoms with E-state index < -0.39 is 0 Å². The standard InChI is InChI=1S/C21H14N4O2S/c1-14-4-9-18-19(11-14)28-21(24-18)25(23-13-17-3-2-10-27-17)20(26)16-7-5-15(12-22)6-8-16/h2-11,13H,1H3/b23-13-. The van der Waals surface area contributed by atoms with Gasteiger partial charge in [-0.3, -0.25) is 4.79 Å². The molecule has 136 valence electrons. The Balaban J connectivity index is 1.75. The van der Waals surface area contributed by atoms with Gasteiger partial charge in [-0.15, -0.1) is 0 Å². The number of amides is 1. The molecule has 7 heteroatoms. The number of thiazole rings is 1. The van der Waals surface area contributed by atoms with Crippen molar-refractivity contribution in [3.63, 3.8) is 0 Å². The number of benzene rings is 2. The SMILES string of the molecule is Cc1ccc2nc(N(/N=C\c3ccco3)C(=O)c3ccc(C#N)cc3)sc2c1. The van der Waals surface area contributed by atoms with E-state index in [-0.39, 0.29) is 5.91 Å². The largest absolute Gasteiger partial charge is 0.463 e. The number of anilines is 1. The minimum atomic E-state index is -0.344. The van der Waals surface area contributed by atoms with Gasteiger partial charge in [0, 0.05) is 5.56 Å². The van der Waals surface area contributed by atoms with Crippen LogP contribution in [0.25, 0.3) is 10.2 Å². The minimum Gasteiger partial charge on any atom is -0.463 e. The minimum absolute atomic E-state index is 0.344. The van der Waals surface area contributed by atoms with E-state index >= 15 is 0 Å². The summed E-state index contributed by atoms with van der Waals surface area (Å²) < 4.78 is 6.24. The van der Waals surface area contributed by atoms with Crippen LogP contribution < -0.4 is 5.01 Å². The van der Waals surface area contributed by atoms with Crippen molar-refractivity contribution in [2.75, 3.05) is 5.01 Å². The van der Waals surface area contributed by atoms with Gasteiger partial charge in [-0.2, -0.15) is 15.4 Å². The molecule has 0 bridgehead atoms. The number of carbonyl (C=O) groups is 1. The van der Waals surface area contributed by atoms with E-state index in [1.165, 1.54) is 28.8 Å². The van der Waals surface area contributed by atoms with Crippen LogP contribution in [0.4, 0.5) is 5.13 Å². The zero-order valence-electron chi connectivity index (χ0n) is 14.9. The molecule has 1 amide bonds. The Morgan fingerprint density at radius 3 is 2.79 bits per heavy atom. The molecule has 0 aliphatic heterocycles. The number of aryl methyl sites for hydroxylation is 1. The van der Waals surface area contributed by atoms with Crippen LogP contribution in [0.15, 0.2) is 70.4 Å². The molecule has 6 nitrogen and oxygen atoms in total. The quantitative estimate of drug-likeness (QED) is 0.374. The average Bonchev–Trinajstić information content (AvgIpc) is 3.37. The molecule has 0 saturated carbocycles. The van der Waals surface area contributed by atoms with E-state index in [9.17, 15) is 4.79 Å². The fourth-order valence-corrected chi connectivity index (χ4v) is 3.61. The summed E-state index contributed by atoms with van der Waals surface area (Å²) in [6, 6.07) is 17.9. The highest BCUT2D eigenvalue weighted by Gasteiger charge is 2.21. The third kappa shape index (κ3) is 3.54. The lowest BCUT2D eigenvalue weighted by atomic mass is 10.1. The van der Waals surface area contributed by atoms with Crippen LogP contribution in [0.3, 0.4) is 0 Å². The molecule has 0 atom stereocenters. The first-order valence-electron chi connectivity index (χ1n) is 8.43. The summed E-state index contributed by atoms with van der Waals surface area (Å²) in [5.41, 5.74) is 2.81. The van der Waals surface area contributed by atoms with Gasteiger partial charge in [-0.1, -0.05) is 17.4 Å². The Kier molecular flexibility index (Phi) is 4.70. The number of nitriles is 1. The smallest absolute Gasteiger partial charge is 0.280 e. The number of rotatable bonds is 4. The molecule has 0 fully saturated rings. The fraction of sp³-hybridized carbons (Fsp3) is 0.0476. The van der Waals surface area contributed by atoms with Crippen LogP contribution in [0.2, 0.25) is 0 Å². The maximum Gasteiger partial charge on any atom is 0.280 e. The average molecular weight is 386 g/mol. The van der Waals surface area contributed by atoms with Crippen LogP contribution in [0.5, 0.6) is 0 Å². The predicted octanol–water partition coefficient (Wildman–Crippen LogP) is 4.75. The third-order valence-electron chi connectivity index (χ3n) is 4.01. The van der Waals surface area contributed by atoms with E-state index in [0.29, 0.717) is 22.0 Å². The van der Waals surface area contributed by atoms with Gasteiger partial charge in [0.15, 0.2) is 0 Å². The lowest BCUT2D eigenvalue weighted by molar-refractivity contribution is 0.0988. The second-order valence-corrected chi connectivity index (χ2v) is 7.04. The molecule has 2 heterocycles. The van der Waals surface area contributed by atoms with Gasteiger partial charge in [0.25, 0.3) is 5.91 Å². The summed E-state index contributed by atoms with van der Waals surface area (Å²) in [5, 5.41) is 15.0. The molecule has 2 aromatic heterocycles. The lowest BCUT2D eigenvalue weighted by Crippen LogP contribution is -2.25. The summed E-state index contributed by atoms with van der Waals surface area (Å²) in [7, 11) is 0. The molecule has 0 radical (unpaired) electrons. The van der Waals surface area contributed by atoms with Crippen LogP contribution in [0.1, 0.15) is 27.2 Å².